The normalized spacial score (nSPS) is 10.8. The van der Waals surface area contributed by atoms with Crippen LogP contribution in [0.15, 0.2) is 28.1 Å². The molecule has 0 spiro atoms. The Morgan fingerprint density at radius 1 is 1.56 bits per heavy atom. The third-order valence-corrected chi connectivity index (χ3v) is 2.47. The van der Waals surface area contributed by atoms with E-state index in [0.717, 1.165) is 0 Å². The van der Waals surface area contributed by atoms with Crippen LogP contribution < -0.4 is 4.74 Å². The number of alkyl halides is 3. The largest absolute Gasteiger partial charge is 0.459 e. The summed E-state index contributed by atoms with van der Waals surface area (Å²) < 4.78 is 29.5. The summed E-state index contributed by atoms with van der Waals surface area (Å²) in [4.78, 5) is 13.9. The maximum absolute atomic E-state index is 12.6. The van der Waals surface area contributed by atoms with Crippen LogP contribution in [0.4, 0.5) is 14.5 Å². The molecule has 1 aromatic rings. The lowest BCUT2D eigenvalue weighted by Crippen LogP contribution is -2.15. The molecule has 0 aliphatic carbocycles. The Morgan fingerprint density at radius 2 is 2.25 bits per heavy atom. The van der Waals surface area contributed by atoms with Crippen molar-refractivity contribution in [3.63, 3.8) is 0 Å². The smallest absolute Gasteiger partial charge is 0.423 e. The molecule has 0 amide bonds. The summed E-state index contributed by atoms with van der Waals surface area (Å²) in [7, 11) is 0. The number of hydrogen-bond acceptors (Lipinski definition) is 4. The van der Waals surface area contributed by atoms with Gasteiger partial charge in [-0.15, -0.1) is 11.8 Å². The van der Waals surface area contributed by atoms with E-state index in [2.05, 4.69) is 25.7 Å². The Bertz CT molecular complexity index is 430. The lowest BCUT2D eigenvalue weighted by molar-refractivity contribution is -0.0819. The fraction of sp³-hybridized carbons (Fsp3) is 0.222. The molecule has 0 radical (unpaired) electrons. The van der Waals surface area contributed by atoms with E-state index in [1.54, 1.807) is 6.26 Å². The first-order chi connectivity index (χ1) is 7.46. The zero-order chi connectivity index (χ0) is 12.2. The van der Waals surface area contributed by atoms with Crippen molar-refractivity contribution >= 4 is 39.5 Å². The number of thioether (sulfide) groups is 1. The molecular weight excluding hydrogens is 304 g/mol. The summed E-state index contributed by atoms with van der Waals surface area (Å²) in [5, 5.41) is -3.42. The van der Waals surface area contributed by atoms with Crippen LogP contribution in [0.3, 0.4) is 0 Å². The molecule has 0 aliphatic heterocycles. The molecule has 0 saturated carbocycles. The van der Waals surface area contributed by atoms with Gasteiger partial charge in [-0.05, 0) is 24.5 Å². The molecule has 3 nitrogen and oxygen atoms in total. The van der Waals surface area contributed by atoms with Crippen molar-refractivity contribution < 1.29 is 18.3 Å². The van der Waals surface area contributed by atoms with Gasteiger partial charge >= 0.3 is 5.02 Å². The first-order valence-electron chi connectivity index (χ1n) is 3.98. The molecule has 0 N–H and O–H groups in total. The van der Waals surface area contributed by atoms with E-state index in [1.807, 2.05) is 0 Å². The summed E-state index contributed by atoms with van der Waals surface area (Å²) in [6.45, 7) is 0. The fourth-order valence-corrected chi connectivity index (χ4v) is 1.71. The number of aliphatic imine (C=N–C) groups is 1. The Morgan fingerprint density at radius 3 is 2.75 bits per heavy atom. The maximum Gasteiger partial charge on any atom is 0.459 e. The van der Waals surface area contributed by atoms with Gasteiger partial charge in [-0.3, -0.25) is 0 Å². The molecule has 7 heteroatoms. The van der Waals surface area contributed by atoms with Crippen LogP contribution in [0, 0.1) is 0 Å². The second-order valence-electron chi connectivity index (χ2n) is 2.59. The number of rotatable bonds is 4. The first-order valence-corrected chi connectivity index (χ1v) is 5.99. The minimum absolute atomic E-state index is 0.0132. The van der Waals surface area contributed by atoms with Gasteiger partial charge < -0.3 is 4.74 Å². The highest BCUT2D eigenvalue weighted by Crippen LogP contribution is 2.36. The highest BCUT2D eigenvalue weighted by atomic mass is 79.9. The quantitative estimate of drug-likeness (QED) is 0.368. The molecule has 86 valence electrons. The molecular formula is C9H6BrF2NO2S. The Balaban J connectivity index is 3.06. The maximum atomic E-state index is 12.6. The van der Waals surface area contributed by atoms with Crippen molar-refractivity contribution in [3.8, 4) is 5.75 Å². The van der Waals surface area contributed by atoms with Crippen molar-refractivity contribution in [1.82, 2.24) is 0 Å². The van der Waals surface area contributed by atoms with Crippen molar-refractivity contribution in [2.24, 2.45) is 4.99 Å². The Hall–Kier alpha value is -0.910. The summed E-state index contributed by atoms with van der Waals surface area (Å²) in [5.41, 5.74) is 0.338. The molecule has 0 atom stereocenters. The van der Waals surface area contributed by atoms with Gasteiger partial charge in [-0.1, -0.05) is 0 Å². The fourth-order valence-electron chi connectivity index (χ4n) is 0.988. The summed E-state index contributed by atoms with van der Waals surface area (Å²) >= 11 is 3.28. The number of halogens is 3. The van der Waals surface area contributed by atoms with Crippen LogP contribution in [0.2, 0.25) is 0 Å². The van der Waals surface area contributed by atoms with Crippen LogP contribution in [-0.2, 0) is 4.79 Å². The topological polar surface area (TPSA) is 38.7 Å². The minimum atomic E-state index is -3.42. The number of ether oxygens (including phenoxy) is 1. The van der Waals surface area contributed by atoms with Crippen molar-refractivity contribution in [1.29, 1.82) is 0 Å². The predicted molar refractivity (Wildman–Crippen MR) is 60.5 cm³/mol. The Kier molecular flexibility index (Phi) is 4.46. The number of isocyanates is 1. The standard InChI is InChI=1S/C9H6BrF2NO2S/c1-16-8-4-6(13-5-14)2-3-7(8)15-9(10,11)12/h2-4H,1H3. The molecule has 1 rings (SSSR count). The van der Waals surface area contributed by atoms with Gasteiger partial charge in [0.25, 0.3) is 0 Å². The van der Waals surface area contributed by atoms with E-state index in [1.165, 1.54) is 36.0 Å². The molecule has 0 aromatic heterocycles. The average Bonchev–Trinajstić information content (AvgIpc) is 2.18. The van der Waals surface area contributed by atoms with Crippen LogP contribution in [-0.4, -0.2) is 17.4 Å². The highest BCUT2D eigenvalue weighted by Gasteiger charge is 2.27. The minimum Gasteiger partial charge on any atom is -0.423 e. The van der Waals surface area contributed by atoms with Crippen molar-refractivity contribution in [3.05, 3.63) is 18.2 Å². The van der Waals surface area contributed by atoms with Gasteiger partial charge in [0, 0.05) is 15.9 Å². The number of benzene rings is 1. The van der Waals surface area contributed by atoms with E-state index in [-0.39, 0.29) is 5.75 Å². The SMILES string of the molecule is CSc1cc(N=C=O)ccc1OC(F)(F)Br. The summed E-state index contributed by atoms with van der Waals surface area (Å²) in [6, 6.07) is 4.17. The zero-order valence-corrected chi connectivity index (χ0v) is 10.4. The lowest BCUT2D eigenvalue weighted by Gasteiger charge is -2.13. The number of nitrogens with zero attached hydrogens (tertiary/aromatic N) is 1. The van der Waals surface area contributed by atoms with E-state index >= 15 is 0 Å². The van der Waals surface area contributed by atoms with Gasteiger partial charge in [0.2, 0.25) is 6.08 Å². The molecule has 0 saturated heterocycles. The van der Waals surface area contributed by atoms with Crippen molar-refractivity contribution in [2.75, 3.05) is 6.26 Å². The number of carbonyl (C=O) groups excluding carboxylic acids is 1. The van der Waals surface area contributed by atoms with Crippen LogP contribution in [0.1, 0.15) is 0 Å². The second kappa shape index (κ2) is 5.43. The monoisotopic (exact) mass is 309 g/mol. The average molecular weight is 310 g/mol. The van der Waals surface area contributed by atoms with E-state index in [4.69, 9.17) is 0 Å². The molecule has 0 aliphatic rings. The molecule has 16 heavy (non-hydrogen) atoms. The van der Waals surface area contributed by atoms with Crippen molar-refractivity contribution in [2.45, 2.75) is 9.91 Å². The third-order valence-electron chi connectivity index (χ3n) is 1.55. The summed E-state index contributed by atoms with van der Waals surface area (Å²) in [6.07, 6.45) is 3.07. The molecule has 0 bridgehead atoms. The van der Waals surface area contributed by atoms with Gasteiger partial charge in [0.05, 0.1) is 10.6 Å². The van der Waals surface area contributed by atoms with E-state index in [9.17, 15) is 13.6 Å². The molecule has 0 fully saturated rings. The third kappa shape index (κ3) is 3.92. The zero-order valence-electron chi connectivity index (χ0n) is 8.04. The summed E-state index contributed by atoms with van der Waals surface area (Å²) in [5.74, 6) is 0.0132. The highest BCUT2D eigenvalue weighted by molar-refractivity contribution is 9.09. The van der Waals surface area contributed by atoms with Gasteiger partial charge in [0.1, 0.15) is 5.75 Å². The van der Waals surface area contributed by atoms with E-state index < -0.39 is 5.02 Å². The lowest BCUT2D eigenvalue weighted by atomic mass is 10.3. The first kappa shape index (κ1) is 13.2. The van der Waals surface area contributed by atoms with Crippen LogP contribution in [0.25, 0.3) is 0 Å². The predicted octanol–water partition coefficient (Wildman–Crippen LogP) is 3.70. The second-order valence-corrected chi connectivity index (χ2v) is 4.36. The molecule has 0 unspecified atom stereocenters. The van der Waals surface area contributed by atoms with Gasteiger partial charge in [0.15, 0.2) is 0 Å². The van der Waals surface area contributed by atoms with Gasteiger partial charge in [-0.2, -0.15) is 13.8 Å². The van der Waals surface area contributed by atoms with Gasteiger partial charge in [-0.25, -0.2) is 4.79 Å². The number of hydrogen-bond donors (Lipinski definition) is 0. The van der Waals surface area contributed by atoms with Crippen LogP contribution in [0.5, 0.6) is 5.75 Å². The van der Waals surface area contributed by atoms with Crippen LogP contribution >= 0.6 is 27.7 Å². The Labute approximate surface area is 103 Å². The van der Waals surface area contributed by atoms with E-state index in [0.29, 0.717) is 10.6 Å². The molecule has 0 heterocycles. The molecule has 1 aromatic carbocycles.